The standard InChI is InChI=1S/C28H34N2O2S/c1-30(2)19-10-9-18-29-28(31)26-17-11-16-25(23-12-5-3-6-13-23)27(26)22-33-21-20-32-24-14-7-4-8-15-24/h3-8,11-17H,9-10,18-22H2,1-2H3,(H,29,31). The summed E-state index contributed by atoms with van der Waals surface area (Å²) in [6, 6.07) is 26.2. The van der Waals surface area contributed by atoms with Crippen molar-refractivity contribution in [3.63, 3.8) is 0 Å². The molecule has 0 aliphatic rings. The van der Waals surface area contributed by atoms with Crippen LogP contribution < -0.4 is 10.1 Å². The molecule has 4 nitrogen and oxygen atoms in total. The van der Waals surface area contributed by atoms with Crippen LogP contribution in [0.2, 0.25) is 0 Å². The van der Waals surface area contributed by atoms with Crippen LogP contribution in [0.3, 0.4) is 0 Å². The Labute approximate surface area is 202 Å². The summed E-state index contributed by atoms with van der Waals surface area (Å²) in [5.41, 5.74) is 4.10. The second kappa shape index (κ2) is 13.7. The molecule has 0 saturated carbocycles. The summed E-state index contributed by atoms with van der Waals surface area (Å²) in [4.78, 5) is 15.2. The first kappa shape index (κ1) is 24.9. The lowest BCUT2D eigenvalue weighted by Crippen LogP contribution is -2.26. The number of benzene rings is 3. The smallest absolute Gasteiger partial charge is 0.251 e. The van der Waals surface area contributed by atoms with E-state index in [1.165, 1.54) is 0 Å². The number of thioether (sulfide) groups is 1. The highest BCUT2D eigenvalue weighted by Crippen LogP contribution is 2.30. The van der Waals surface area contributed by atoms with Gasteiger partial charge in [-0.15, -0.1) is 0 Å². The molecular formula is C28H34N2O2S. The number of hydrogen-bond acceptors (Lipinski definition) is 4. The summed E-state index contributed by atoms with van der Waals surface area (Å²) < 4.78 is 5.83. The minimum Gasteiger partial charge on any atom is -0.493 e. The van der Waals surface area contributed by atoms with Crippen molar-refractivity contribution in [1.29, 1.82) is 0 Å². The van der Waals surface area contributed by atoms with Crippen LogP contribution in [0, 0.1) is 0 Å². The lowest BCUT2D eigenvalue weighted by atomic mass is 9.96. The third kappa shape index (κ3) is 8.26. The highest BCUT2D eigenvalue weighted by atomic mass is 32.2. The van der Waals surface area contributed by atoms with Gasteiger partial charge in [-0.05, 0) is 68.4 Å². The van der Waals surface area contributed by atoms with E-state index >= 15 is 0 Å². The second-order valence-electron chi connectivity index (χ2n) is 8.18. The predicted octanol–water partition coefficient (Wildman–Crippen LogP) is 5.74. The van der Waals surface area contributed by atoms with Crippen LogP contribution in [0.4, 0.5) is 0 Å². The Morgan fingerprint density at radius 2 is 1.64 bits per heavy atom. The van der Waals surface area contributed by atoms with Crippen LogP contribution in [0.1, 0.15) is 28.8 Å². The molecule has 0 unspecified atom stereocenters. The van der Waals surface area contributed by atoms with Gasteiger partial charge in [-0.25, -0.2) is 0 Å². The number of carbonyl (C=O) groups excluding carboxylic acids is 1. The Balaban J connectivity index is 1.65. The van der Waals surface area contributed by atoms with Crippen LogP contribution in [0.15, 0.2) is 78.9 Å². The van der Waals surface area contributed by atoms with Crippen molar-refractivity contribution < 1.29 is 9.53 Å². The normalized spacial score (nSPS) is 10.9. The molecule has 1 amide bonds. The van der Waals surface area contributed by atoms with Gasteiger partial charge in [0.25, 0.3) is 5.91 Å². The van der Waals surface area contributed by atoms with E-state index in [1.54, 1.807) is 11.8 Å². The van der Waals surface area contributed by atoms with Gasteiger partial charge in [-0.2, -0.15) is 11.8 Å². The Hall–Kier alpha value is -2.76. The summed E-state index contributed by atoms with van der Waals surface area (Å²) in [6.07, 6.45) is 2.05. The molecule has 0 heterocycles. The number of unbranched alkanes of at least 4 members (excludes halogenated alkanes) is 1. The van der Waals surface area contributed by atoms with Gasteiger partial charge in [0.05, 0.1) is 6.61 Å². The van der Waals surface area contributed by atoms with Crippen molar-refractivity contribution >= 4 is 17.7 Å². The van der Waals surface area contributed by atoms with E-state index in [-0.39, 0.29) is 5.91 Å². The van der Waals surface area contributed by atoms with E-state index in [0.717, 1.165) is 58.9 Å². The molecule has 3 aromatic rings. The van der Waals surface area contributed by atoms with Crippen molar-refractivity contribution in [2.24, 2.45) is 0 Å². The zero-order valence-corrected chi connectivity index (χ0v) is 20.4. The molecule has 0 bridgehead atoms. The number of carbonyl (C=O) groups is 1. The molecule has 0 aromatic heterocycles. The van der Waals surface area contributed by atoms with Gasteiger partial charge in [-0.3, -0.25) is 4.79 Å². The summed E-state index contributed by atoms with van der Waals surface area (Å²) in [7, 11) is 4.14. The molecule has 3 aromatic carbocycles. The van der Waals surface area contributed by atoms with Gasteiger partial charge >= 0.3 is 0 Å². The first-order chi connectivity index (χ1) is 16.1. The quantitative estimate of drug-likeness (QED) is 0.329. The molecule has 3 rings (SSSR count). The first-order valence-electron chi connectivity index (χ1n) is 11.5. The second-order valence-corrected chi connectivity index (χ2v) is 9.28. The first-order valence-corrected chi connectivity index (χ1v) is 12.7. The van der Waals surface area contributed by atoms with Crippen LogP contribution in [-0.2, 0) is 5.75 Å². The van der Waals surface area contributed by atoms with E-state index in [9.17, 15) is 4.79 Å². The fourth-order valence-electron chi connectivity index (χ4n) is 3.60. The fraction of sp³-hybridized carbons (Fsp3) is 0.321. The Morgan fingerprint density at radius 1 is 0.909 bits per heavy atom. The van der Waals surface area contributed by atoms with E-state index < -0.39 is 0 Å². The Kier molecular flexibility index (Phi) is 10.3. The van der Waals surface area contributed by atoms with Crippen LogP contribution >= 0.6 is 11.8 Å². The third-order valence-corrected chi connectivity index (χ3v) is 6.26. The lowest BCUT2D eigenvalue weighted by molar-refractivity contribution is 0.0952. The molecule has 33 heavy (non-hydrogen) atoms. The maximum Gasteiger partial charge on any atom is 0.251 e. The summed E-state index contributed by atoms with van der Waals surface area (Å²) in [5, 5.41) is 3.12. The molecule has 0 saturated heterocycles. The van der Waals surface area contributed by atoms with Crippen LogP contribution in [0.5, 0.6) is 5.75 Å². The molecule has 0 spiro atoms. The SMILES string of the molecule is CN(C)CCCCNC(=O)c1cccc(-c2ccccc2)c1CSCCOc1ccccc1. The van der Waals surface area contributed by atoms with Crippen molar-refractivity contribution in [3.05, 3.63) is 90.0 Å². The topological polar surface area (TPSA) is 41.6 Å². The molecule has 1 N–H and O–H groups in total. The largest absolute Gasteiger partial charge is 0.493 e. The zero-order valence-electron chi connectivity index (χ0n) is 19.6. The van der Waals surface area contributed by atoms with Gasteiger partial charge in [0.1, 0.15) is 5.75 Å². The molecule has 0 atom stereocenters. The number of amides is 1. The Bertz CT molecular complexity index is 978. The molecule has 0 fully saturated rings. The molecule has 0 aliphatic carbocycles. The van der Waals surface area contributed by atoms with Gasteiger partial charge in [0.15, 0.2) is 0 Å². The summed E-state index contributed by atoms with van der Waals surface area (Å²) >= 11 is 1.79. The number of para-hydroxylation sites is 1. The van der Waals surface area contributed by atoms with Crippen molar-refractivity contribution in [2.75, 3.05) is 39.5 Å². The van der Waals surface area contributed by atoms with E-state index in [4.69, 9.17) is 4.74 Å². The fourth-order valence-corrected chi connectivity index (χ4v) is 4.46. The van der Waals surface area contributed by atoms with Gasteiger partial charge in [0, 0.05) is 23.6 Å². The van der Waals surface area contributed by atoms with E-state index in [1.807, 2.05) is 60.7 Å². The lowest BCUT2D eigenvalue weighted by Gasteiger charge is -2.16. The van der Waals surface area contributed by atoms with Crippen molar-refractivity contribution in [1.82, 2.24) is 10.2 Å². The van der Waals surface area contributed by atoms with Crippen LogP contribution in [0.25, 0.3) is 11.1 Å². The average Bonchev–Trinajstić information content (AvgIpc) is 2.84. The third-order valence-electron chi connectivity index (χ3n) is 5.31. The average molecular weight is 463 g/mol. The predicted molar refractivity (Wildman–Crippen MR) is 140 cm³/mol. The Morgan fingerprint density at radius 3 is 2.36 bits per heavy atom. The molecule has 174 valence electrons. The van der Waals surface area contributed by atoms with Gasteiger partial charge in [0.2, 0.25) is 0 Å². The number of nitrogens with one attached hydrogen (secondary N) is 1. The van der Waals surface area contributed by atoms with Crippen LogP contribution in [-0.4, -0.2) is 50.4 Å². The van der Waals surface area contributed by atoms with E-state index in [0.29, 0.717) is 13.2 Å². The number of ether oxygens (including phenoxy) is 1. The van der Waals surface area contributed by atoms with Crippen molar-refractivity contribution in [3.8, 4) is 16.9 Å². The maximum atomic E-state index is 13.1. The maximum absolute atomic E-state index is 13.1. The highest BCUT2D eigenvalue weighted by Gasteiger charge is 2.16. The number of hydrogen-bond donors (Lipinski definition) is 1. The summed E-state index contributed by atoms with van der Waals surface area (Å²) in [6.45, 7) is 2.36. The van der Waals surface area contributed by atoms with Gasteiger partial charge in [-0.1, -0.05) is 60.7 Å². The molecule has 0 radical (unpaired) electrons. The minimum atomic E-state index is 0.00812. The molecule has 5 heteroatoms. The summed E-state index contributed by atoms with van der Waals surface area (Å²) in [5.74, 6) is 2.50. The molecule has 0 aliphatic heterocycles. The zero-order chi connectivity index (χ0) is 23.3. The minimum absolute atomic E-state index is 0.00812. The van der Waals surface area contributed by atoms with Crippen molar-refractivity contribution in [2.45, 2.75) is 18.6 Å². The monoisotopic (exact) mass is 462 g/mol. The highest BCUT2D eigenvalue weighted by molar-refractivity contribution is 7.98. The number of nitrogens with zero attached hydrogens (tertiary/aromatic N) is 1. The van der Waals surface area contributed by atoms with Gasteiger partial charge < -0.3 is 15.0 Å². The van der Waals surface area contributed by atoms with E-state index in [2.05, 4.69) is 42.5 Å². The molecular weight excluding hydrogens is 428 g/mol. The number of rotatable bonds is 13.